The zero-order valence-electron chi connectivity index (χ0n) is 49.5. The molecule has 3 rings (SSSR count). The van der Waals surface area contributed by atoms with Gasteiger partial charge in [0, 0.05) is 111 Å². The van der Waals surface area contributed by atoms with Crippen molar-refractivity contribution in [2.45, 2.75) is 107 Å². The van der Waals surface area contributed by atoms with Crippen molar-refractivity contribution in [3.8, 4) is 0 Å². The minimum Gasteiger partial charge on any atom is -0.481 e. The van der Waals surface area contributed by atoms with Gasteiger partial charge >= 0.3 is 65.8 Å². The fourth-order valence-electron chi connectivity index (χ4n) is 9.45. The third-order valence-electron chi connectivity index (χ3n) is 14.4. The molecule has 0 saturated carbocycles. The summed E-state index contributed by atoms with van der Waals surface area (Å²) in [4.78, 5) is 199. The molecule has 1 fully saturated rings. The first kappa shape index (κ1) is 75.7. The summed E-state index contributed by atoms with van der Waals surface area (Å²) in [5.74, 6) is -12.8. The van der Waals surface area contributed by atoms with Gasteiger partial charge in [0.2, 0.25) is 5.91 Å². The van der Waals surface area contributed by atoms with E-state index in [1.807, 2.05) is 15.5 Å². The van der Waals surface area contributed by atoms with Gasteiger partial charge in [-0.1, -0.05) is 0 Å². The second kappa shape index (κ2) is 38.8. The summed E-state index contributed by atoms with van der Waals surface area (Å²) in [7, 11) is 0. The Balaban J connectivity index is 1.52. The number of carboxylic acids is 9. The lowest BCUT2D eigenvalue weighted by Crippen LogP contribution is -2.52. The third kappa shape index (κ3) is 27.4. The van der Waals surface area contributed by atoms with E-state index >= 15 is 0 Å². The number of anilines is 4. The average Bonchev–Trinajstić information content (AvgIpc) is 0.816. The summed E-state index contributed by atoms with van der Waals surface area (Å²) < 4.78 is 0. The van der Waals surface area contributed by atoms with Crippen molar-refractivity contribution < 1.29 is 103 Å². The molecular weight excluding hydrogens is 1220 g/mol. The quantitative estimate of drug-likeness (QED) is 0.0220. The van der Waals surface area contributed by atoms with Gasteiger partial charge in [-0.25, -0.2) is 28.8 Å². The molecule has 38 heteroatoms. The Morgan fingerprint density at radius 1 is 0.352 bits per heavy atom. The Hall–Kier alpha value is -9.56. The van der Waals surface area contributed by atoms with Crippen LogP contribution in [0.15, 0.2) is 19.2 Å². The van der Waals surface area contributed by atoms with Gasteiger partial charge in [-0.15, -0.1) is 0 Å². The minimum atomic E-state index is -1.59. The van der Waals surface area contributed by atoms with Crippen LogP contribution in [-0.2, 0) is 47.9 Å². The van der Waals surface area contributed by atoms with Crippen molar-refractivity contribution in [1.29, 1.82) is 0 Å². The molecule has 0 aromatic heterocycles. The number of unbranched alkanes of at least 4 members (excludes halogenated alkanes) is 2. The van der Waals surface area contributed by atoms with E-state index in [2.05, 4.69) is 37.2 Å². The van der Waals surface area contributed by atoms with Crippen LogP contribution in [0.3, 0.4) is 0 Å². The van der Waals surface area contributed by atoms with Crippen molar-refractivity contribution in [2.75, 3.05) is 126 Å². The predicted octanol–water partition coefficient (Wildman–Crippen LogP) is -4.55. The van der Waals surface area contributed by atoms with Crippen molar-refractivity contribution in [3.63, 3.8) is 0 Å². The lowest BCUT2D eigenvalue weighted by Gasteiger charge is -2.35. The van der Waals surface area contributed by atoms with E-state index in [4.69, 9.17) is 10.2 Å². The fourth-order valence-corrected chi connectivity index (χ4v) is 9.45. The Labute approximate surface area is 517 Å². The van der Waals surface area contributed by atoms with Gasteiger partial charge in [0.25, 0.3) is 21.7 Å². The monoisotopic (exact) mass is 1300 g/mol. The summed E-state index contributed by atoms with van der Waals surface area (Å²) in [5.41, 5.74) is -3.55. The lowest BCUT2D eigenvalue weighted by atomic mass is 10.1. The van der Waals surface area contributed by atoms with E-state index in [0.717, 1.165) is 0 Å². The second-order valence-corrected chi connectivity index (χ2v) is 21.1. The van der Waals surface area contributed by atoms with Crippen LogP contribution < -0.4 is 69.6 Å². The molecule has 0 aliphatic carbocycles. The molecule has 0 radical (unpaired) electrons. The summed E-state index contributed by atoms with van der Waals surface area (Å²) in [6.45, 7) is 0.0863. The highest BCUT2D eigenvalue weighted by Gasteiger charge is 2.31. The smallest absolute Gasteiger partial charge is 0.326 e. The first-order valence-corrected chi connectivity index (χ1v) is 28.9. The molecule has 0 bridgehead atoms. The van der Waals surface area contributed by atoms with Crippen LogP contribution in [0.5, 0.6) is 0 Å². The normalized spacial score (nSPS) is 15.4. The number of hydrogen-bond donors (Lipinski definition) is 18. The number of nitrogens with one attached hydrogen (secondary N) is 9. The van der Waals surface area contributed by atoms with E-state index in [1.165, 1.54) is 4.90 Å². The number of carbonyl (C=O) groups excluding carboxylic acids is 3. The number of rotatable bonds is 43. The topological polar surface area (TPSA) is 576 Å². The highest BCUT2D eigenvalue weighted by atomic mass is 16.4. The van der Waals surface area contributed by atoms with Crippen LogP contribution in [0.2, 0.25) is 0 Å². The molecule has 5 amide bonds. The maximum Gasteiger partial charge on any atom is 0.326 e. The number of amides is 5. The molecule has 38 nitrogen and oxygen atoms in total. The molecule has 1 saturated heterocycles. The van der Waals surface area contributed by atoms with Crippen molar-refractivity contribution >= 4 is 94.4 Å². The highest BCUT2D eigenvalue weighted by molar-refractivity contribution is 5.87. The summed E-state index contributed by atoms with van der Waals surface area (Å²) in [6.07, 6.45) is -2.04. The number of hydrogen-bond acceptors (Lipinski definition) is 24. The van der Waals surface area contributed by atoms with E-state index < -0.39 is 162 Å². The largest absolute Gasteiger partial charge is 0.481 e. The van der Waals surface area contributed by atoms with Crippen LogP contribution in [0.25, 0.3) is 0 Å². The number of aliphatic carboxylic acids is 9. The maximum atomic E-state index is 13.0. The maximum absolute atomic E-state index is 13.0. The van der Waals surface area contributed by atoms with Crippen LogP contribution in [0.4, 0.5) is 32.3 Å². The van der Waals surface area contributed by atoms with Gasteiger partial charge < -0.3 is 93.8 Å². The SMILES string of the molecule is O=C(O)CCC(NC(=O)NC(CCCCNc1c(NCCNC(=O)CCC(C(=O)O)N2CCN(CC(=O)O)CCN(CCNc3c(NCCCCC(NC(=O)NC(CCC(=O)O)C(=O)O)C(=O)O)c(=O)c3=O)CCN(CC(=O)O)CC2)c(=O)c1=O)C(=O)O)C(=O)O. The van der Waals surface area contributed by atoms with Gasteiger partial charge in [0.1, 0.15) is 53.0 Å². The first-order chi connectivity index (χ1) is 43.0. The van der Waals surface area contributed by atoms with Gasteiger partial charge in [-0.05, 0) is 57.8 Å². The predicted molar refractivity (Wildman–Crippen MR) is 317 cm³/mol. The average molecular weight is 1300 g/mol. The fraction of sp³-hybridized carbons (Fsp3) is 0.623. The standard InChI is InChI=1S/C53H79N13O25/c67-34(54-15-16-57-41-39(43(76)45(41)78)55-13-3-1-5-29(47(80)81)59-52(90)61-31(49(84)85)7-11-35(68)69)10-9-33(51(88)89)66-25-23-64(27-37(72)73)21-19-63(20-22-65(24-26-66)28-38(74)75)18-17-58-42-40(44(77)46(42)79)56-14-4-2-6-30(48(82)83)60-53(91)62-32(50(86)87)8-12-36(70)71/h29-33,55-58H,1-28H2,(H,54,67)(H,68,69)(H,70,71)(H,72,73)(H,74,75)(H,80,81)(H,82,83)(H,84,85)(H,86,87)(H,88,89)(H2,59,61,90)(H2,60,62,91). The molecule has 1 heterocycles. The third-order valence-corrected chi connectivity index (χ3v) is 14.4. The van der Waals surface area contributed by atoms with Gasteiger partial charge in [0.05, 0.1) is 13.1 Å². The molecule has 5 unspecified atom stereocenters. The van der Waals surface area contributed by atoms with Crippen LogP contribution >= 0.6 is 0 Å². The molecular formula is C53H79N13O25. The van der Waals surface area contributed by atoms with Crippen molar-refractivity contribution in [3.05, 3.63) is 40.9 Å². The molecule has 506 valence electrons. The van der Waals surface area contributed by atoms with Gasteiger partial charge in [-0.2, -0.15) is 0 Å². The number of nitrogens with zero attached hydrogens (tertiary/aromatic N) is 4. The number of carboxylic acid groups (broad SMARTS) is 9. The van der Waals surface area contributed by atoms with Crippen molar-refractivity contribution in [2.24, 2.45) is 0 Å². The molecule has 91 heavy (non-hydrogen) atoms. The molecule has 1 aliphatic heterocycles. The first-order valence-electron chi connectivity index (χ1n) is 28.9. The Kier molecular flexibility index (Phi) is 32.2. The highest BCUT2D eigenvalue weighted by Crippen LogP contribution is 2.17. The molecule has 0 spiro atoms. The zero-order valence-corrected chi connectivity index (χ0v) is 49.5. The lowest BCUT2D eigenvalue weighted by molar-refractivity contribution is -0.145. The van der Waals surface area contributed by atoms with E-state index in [9.17, 15) is 112 Å². The number of carbonyl (C=O) groups is 12. The number of urea groups is 2. The van der Waals surface area contributed by atoms with Gasteiger partial charge in [0.15, 0.2) is 0 Å². The molecule has 18 N–H and O–H groups in total. The molecule has 1 aliphatic rings. The second-order valence-electron chi connectivity index (χ2n) is 21.1. The van der Waals surface area contributed by atoms with Crippen LogP contribution in [0, 0.1) is 0 Å². The molecule has 5 atom stereocenters. The summed E-state index contributed by atoms with van der Waals surface area (Å²) >= 11 is 0. The Morgan fingerprint density at radius 2 is 0.692 bits per heavy atom. The van der Waals surface area contributed by atoms with Crippen LogP contribution in [0.1, 0.15) is 77.0 Å². The van der Waals surface area contributed by atoms with E-state index in [0.29, 0.717) is 0 Å². The van der Waals surface area contributed by atoms with Gasteiger partial charge in [-0.3, -0.25) is 67.5 Å². The minimum absolute atomic E-state index is 0.0224. The molecule has 2 aromatic rings. The van der Waals surface area contributed by atoms with E-state index in [1.54, 1.807) is 9.80 Å². The Morgan fingerprint density at radius 3 is 1.04 bits per heavy atom. The summed E-state index contributed by atoms with van der Waals surface area (Å²) in [5, 5.41) is 108. The van der Waals surface area contributed by atoms with E-state index in [-0.39, 0.29) is 166 Å². The van der Waals surface area contributed by atoms with Crippen molar-refractivity contribution in [1.82, 2.24) is 46.2 Å². The Bertz CT molecular complexity index is 2990. The van der Waals surface area contributed by atoms with Crippen LogP contribution in [-0.4, -0.2) is 272 Å². The summed E-state index contributed by atoms with van der Waals surface area (Å²) in [6, 6.07) is -9.70. The molecule has 2 aromatic carbocycles. The zero-order chi connectivity index (χ0) is 67.9.